The van der Waals surface area contributed by atoms with E-state index in [1.165, 1.54) is 0 Å². The summed E-state index contributed by atoms with van der Waals surface area (Å²) >= 11 is 1.68. The normalized spacial score (nSPS) is 10.8. The molecule has 0 bridgehead atoms. The Kier molecular flexibility index (Phi) is 7.21. The van der Waals surface area contributed by atoms with E-state index >= 15 is 0 Å². The molecular weight excluding hydrogens is 322 g/mol. The Labute approximate surface area is 147 Å². The average molecular weight is 347 g/mol. The summed E-state index contributed by atoms with van der Waals surface area (Å²) in [5, 5.41) is 17.9. The maximum absolute atomic E-state index is 11.8. The van der Waals surface area contributed by atoms with Gasteiger partial charge in [0, 0.05) is 30.8 Å². The molecule has 2 aromatic rings. The van der Waals surface area contributed by atoms with Crippen molar-refractivity contribution in [3.8, 4) is 0 Å². The number of hydrogen-bond acceptors (Lipinski definition) is 4. The van der Waals surface area contributed by atoms with Crippen LogP contribution in [-0.2, 0) is 19.4 Å². The Morgan fingerprint density at radius 1 is 1.12 bits per heavy atom. The summed E-state index contributed by atoms with van der Waals surface area (Å²) in [5.41, 5.74) is 3.07. The third-order valence-electron chi connectivity index (χ3n) is 3.63. The summed E-state index contributed by atoms with van der Waals surface area (Å²) in [4.78, 5) is 16.3. The molecule has 0 spiro atoms. The van der Waals surface area contributed by atoms with Gasteiger partial charge in [0.05, 0.1) is 17.3 Å². The third kappa shape index (κ3) is 5.94. The zero-order valence-corrected chi connectivity index (χ0v) is 15.0. The molecule has 5 nitrogen and oxygen atoms in total. The van der Waals surface area contributed by atoms with Gasteiger partial charge in [-0.1, -0.05) is 38.1 Å². The fraction of sp³-hybridized carbons (Fsp3) is 0.444. The van der Waals surface area contributed by atoms with E-state index in [1.54, 1.807) is 11.3 Å². The summed E-state index contributed by atoms with van der Waals surface area (Å²) in [5.74, 6) is 0.450. The number of hydrogen-bond donors (Lipinski definition) is 3. The fourth-order valence-electron chi connectivity index (χ4n) is 2.20. The van der Waals surface area contributed by atoms with E-state index < -0.39 is 0 Å². The number of amides is 2. The maximum atomic E-state index is 11.8. The minimum absolute atomic E-state index is 0.0542. The van der Waals surface area contributed by atoms with Gasteiger partial charge >= 0.3 is 6.03 Å². The fourth-order valence-corrected chi connectivity index (χ4v) is 3.07. The Morgan fingerprint density at radius 3 is 2.33 bits per heavy atom. The summed E-state index contributed by atoms with van der Waals surface area (Å²) in [6.07, 6.45) is 1.52. The molecule has 1 heterocycles. The molecule has 130 valence electrons. The van der Waals surface area contributed by atoms with Gasteiger partial charge in [0.15, 0.2) is 0 Å². The maximum Gasteiger partial charge on any atom is 0.314 e. The van der Waals surface area contributed by atoms with Crippen molar-refractivity contribution in [3.05, 3.63) is 51.5 Å². The SMILES string of the molecule is CC(C)c1nc(CCNC(=O)NCCc2ccc(CO)cc2)cs1. The summed E-state index contributed by atoms with van der Waals surface area (Å²) in [6.45, 7) is 5.48. The number of aromatic nitrogens is 1. The number of carbonyl (C=O) groups is 1. The van der Waals surface area contributed by atoms with Crippen LogP contribution in [0.1, 0.15) is 41.6 Å². The van der Waals surface area contributed by atoms with E-state index in [0.717, 1.165) is 34.7 Å². The van der Waals surface area contributed by atoms with E-state index in [2.05, 4.69) is 34.8 Å². The van der Waals surface area contributed by atoms with Gasteiger partial charge in [-0.05, 0) is 17.5 Å². The lowest BCUT2D eigenvalue weighted by Crippen LogP contribution is -2.37. The second-order valence-corrected chi connectivity index (χ2v) is 6.88. The first kappa shape index (κ1) is 18.4. The molecule has 1 aromatic carbocycles. The minimum Gasteiger partial charge on any atom is -0.392 e. The monoisotopic (exact) mass is 347 g/mol. The number of nitrogens with one attached hydrogen (secondary N) is 2. The molecule has 0 aliphatic rings. The first-order valence-electron chi connectivity index (χ1n) is 8.23. The number of aliphatic hydroxyl groups is 1. The van der Waals surface area contributed by atoms with Crippen molar-refractivity contribution in [2.75, 3.05) is 13.1 Å². The zero-order valence-electron chi connectivity index (χ0n) is 14.2. The Morgan fingerprint density at radius 2 is 1.75 bits per heavy atom. The van der Waals surface area contributed by atoms with Crippen molar-refractivity contribution in [2.45, 2.75) is 39.2 Å². The van der Waals surface area contributed by atoms with Crippen molar-refractivity contribution in [1.82, 2.24) is 15.6 Å². The summed E-state index contributed by atoms with van der Waals surface area (Å²) < 4.78 is 0. The molecule has 6 heteroatoms. The highest BCUT2D eigenvalue weighted by atomic mass is 32.1. The van der Waals surface area contributed by atoms with Crippen molar-refractivity contribution in [3.63, 3.8) is 0 Å². The van der Waals surface area contributed by atoms with E-state index in [1.807, 2.05) is 24.3 Å². The molecule has 0 aliphatic carbocycles. The van der Waals surface area contributed by atoms with Crippen LogP contribution >= 0.6 is 11.3 Å². The lowest BCUT2D eigenvalue weighted by molar-refractivity contribution is 0.241. The second kappa shape index (κ2) is 9.39. The third-order valence-corrected chi connectivity index (χ3v) is 4.83. The van der Waals surface area contributed by atoms with Gasteiger partial charge in [-0.15, -0.1) is 11.3 Å². The van der Waals surface area contributed by atoms with Gasteiger partial charge < -0.3 is 15.7 Å². The lowest BCUT2D eigenvalue weighted by atomic mass is 10.1. The van der Waals surface area contributed by atoms with Crippen molar-refractivity contribution in [1.29, 1.82) is 0 Å². The van der Waals surface area contributed by atoms with Crippen molar-refractivity contribution in [2.24, 2.45) is 0 Å². The molecule has 2 amide bonds. The van der Waals surface area contributed by atoms with Crippen LogP contribution in [0.2, 0.25) is 0 Å². The van der Waals surface area contributed by atoms with Crippen LogP contribution in [0.4, 0.5) is 4.79 Å². The lowest BCUT2D eigenvalue weighted by Gasteiger charge is -2.07. The highest BCUT2D eigenvalue weighted by Crippen LogP contribution is 2.19. The van der Waals surface area contributed by atoms with Gasteiger partial charge in [0.2, 0.25) is 0 Å². The predicted octanol–water partition coefficient (Wildman–Crippen LogP) is 2.84. The number of benzene rings is 1. The predicted molar refractivity (Wildman–Crippen MR) is 97.4 cm³/mol. The molecule has 24 heavy (non-hydrogen) atoms. The number of rotatable bonds is 8. The molecular formula is C18H25N3O2S. The molecule has 0 unspecified atom stereocenters. The van der Waals surface area contributed by atoms with Crippen LogP contribution in [0.15, 0.2) is 29.6 Å². The van der Waals surface area contributed by atoms with E-state index in [0.29, 0.717) is 19.0 Å². The Bertz CT molecular complexity index is 638. The Hall–Kier alpha value is -1.92. The molecule has 1 aromatic heterocycles. The van der Waals surface area contributed by atoms with Gasteiger partial charge in [-0.2, -0.15) is 0 Å². The second-order valence-electron chi connectivity index (χ2n) is 5.99. The molecule has 0 aliphatic heterocycles. The van der Waals surface area contributed by atoms with Crippen LogP contribution in [0.5, 0.6) is 0 Å². The summed E-state index contributed by atoms with van der Waals surface area (Å²) in [6, 6.07) is 7.59. The first-order valence-corrected chi connectivity index (χ1v) is 9.11. The largest absolute Gasteiger partial charge is 0.392 e. The molecule has 0 radical (unpaired) electrons. The number of thiazole rings is 1. The Balaban J connectivity index is 1.62. The zero-order chi connectivity index (χ0) is 17.4. The molecule has 0 saturated heterocycles. The molecule has 0 saturated carbocycles. The molecule has 0 atom stereocenters. The highest BCUT2D eigenvalue weighted by Gasteiger charge is 2.06. The van der Waals surface area contributed by atoms with Gasteiger partial charge in [0.1, 0.15) is 0 Å². The van der Waals surface area contributed by atoms with Gasteiger partial charge in [-0.3, -0.25) is 0 Å². The van der Waals surface area contributed by atoms with E-state index in [-0.39, 0.29) is 12.6 Å². The van der Waals surface area contributed by atoms with Crippen LogP contribution in [-0.4, -0.2) is 29.2 Å². The molecule has 2 rings (SSSR count). The van der Waals surface area contributed by atoms with Crippen LogP contribution in [0, 0.1) is 0 Å². The number of urea groups is 1. The van der Waals surface area contributed by atoms with E-state index in [9.17, 15) is 4.79 Å². The van der Waals surface area contributed by atoms with Crippen molar-refractivity contribution < 1.29 is 9.90 Å². The average Bonchev–Trinajstić information content (AvgIpc) is 3.05. The van der Waals surface area contributed by atoms with Crippen LogP contribution in [0.25, 0.3) is 0 Å². The molecule has 0 fully saturated rings. The van der Waals surface area contributed by atoms with Gasteiger partial charge in [-0.25, -0.2) is 9.78 Å². The number of aliphatic hydroxyl groups excluding tert-OH is 1. The van der Waals surface area contributed by atoms with Crippen LogP contribution in [0.3, 0.4) is 0 Å². The van der Waals surface area contributed by atoms with E-state index in [4.69, 9.17) is 5.11 Å². The first-order chi connectivity index (χ1) is 11.6. The quantitative estimate of drug-likeness (QED) is 0.687. The molecule has 3 N–H and O–H groups in total. The highest BCUT2D eigenvalue weighted by molar-refractivity contribution is 7.09. The van der Waals surface area contributed by atoms with Crippen molar-refractivity contribution >= 4 is 17.4 Å². The summed E-state index contributed by atoms with van der Waals surface area (Å²) in [7, 11) is 0. The number of carbonyl (C=O) groups excluding carboxylic acids is 1. The minimum atomic E-state index is -0.152. The van der Waals surface area contributed by atoms with Crippen LogP contribution < -0.4 is 10.6 Å². The topological polar surface area (TPSA) is 74.2 Å². The van der Waals surface area contributed by atoms with Gasteiger partial charge in [0.25, 0.3) is 0 Å². The number of nitrogens with zero attached hydrogens (tertiary/aromatic N) is 1. The standard InChI is InChI=1S/C18H25N3O2S/c1-13(2)17-21-16(12-24-17)8-10-20-18(23)19-9-7-14-3-5-15(11-22)6-4-14/h3-6,12-13,22H,7-11H2,1-2H3,(H2,19,20,23). The smallest absolute Gasteiger partial charge is 0.314 e.